The van der Waals surface area contributed by atoms with Gasteiger partial charge in [0.1, 0.15) is 6.61 Å². The number of hydrogen-bond donors (Lipinski definition) is 3. The number of ether oxygens (including phenoxy) is 1. The number of hydrogen-bond acceptors (Lipinski definition) is 4. The van der Waals surface area contributed by atoms with Crippen molar-refractivity contribution in [2.75, 3.05) is 33.3 Å². The van der Waals surface area contributed by atoms with E-state index >= 15 is 0 Å². The molecule has 0 aromatic heterocycles. The van der Waals surface area contributed by atoms with Gasteiger partial charge in [-0.3, -0.25) is 0 Å². The lowest BCUT2D eigenvalue weighted by atomic mass is 10.2. The first-order chi connectivity index (χ1) is 8.31. The van der Waals surface area contributed by atoms with E-state index in [9.17, 15) is 4.79 Å². The zero-order valence-corrected chi connectivity index (χ0v) is 11.6. The molecule has 0 aliphatic rings. The van der Waals surface area contributed by atoms with Crippen LogP contribution in [0, 0.1) is 0 Å². The molecule has 5 nitrogen and oxygen atoms in total. The van der Waals surface area contributed by atoms with Crippen LogP contribution >= 0.6 is 0 Å². The standard InChI is InChI=1S/C10H23N3O2.C2H6/c1-12-8-9-15-10(14)13-7-5-3-2-4-6-11;1-2/h12H,2-9,11H2,1H3,(H,13,14);1-2H3. The Morgan fingerprint density at radius 2 is 1.76 bits per heavy atom. The van der Waals surface area contributed by atoms with Crippen molar-refractivity contribution >= 4 is 6.09 Å². The molecule has 0 aromatic carbocycles. The summed E-state index contributed by atoms with van der Waals surface area (Å²) in [5.41, 5.74) is 5.36. The molecule has 4 N–H and O–H groups in total. The highest BCUT2D eigenvalue weighted by Crippen LogP contribution is 1.96. The van der Waals surface area contributed by atoms with E-state index in [0.29, 0.717) is 19.7 Å². The molecule has 0 rings (SSSR count). The molecule has 5 heteroatoms. The van der Waals surface area contributed by atoms with E-state index in [0.717, 1.165) is 32.2 Å². The summed E-state index contributed by atoms with van der Waals surface area (Å²) in [6.45, 7) is 6.53. The summed E-state index contributed by atoms with van der Waals surface area (Å²) < 4.78 is 4.88. The van der Waals surface area contributed by atoms with E-state index in [1.54, 1.807) is 0 Å². The number of nitrogens with two attached hydrogens (primary N) is 1. The van der Waals surface area contributed by atoms with Crippen LogP contribution < -0.4 is 16.4 Å². The van der Waals surface area contributed by atoms with Gasteiger partial charge in [-0.15, -0.1) is 0 Å². The van der Waals surface area contributed by atoms with E-state index in [1.165, 1.54) is 0 Å². The molecule has 0 saturated carbocycles. The number of rotatable bonds is 9. The normalized spacial score (nSPS) is 9.18. The number of nitrogens with one attached hydrogen (secondary N) is 2. The van der Waals surface area contributed by atoms with Crippen molar-refractivity contribution in [3.05, 3.63) is 0 Å². The number of likely N-dealkylation sites (N-methyl/N-ethyl adjacent to an activating group) is 1. The van der Waals surface area contributed by atoms with Crippen molar-refractivity contribution in [1.29, 1.82) is 0 Å². The van der Waals surface area contributed by atoms with E-state index in [2.05, 4.69) is 10.6 Å². The molecular formula is C12H29N3O2. The van der Waals surface area contributed by atoms with Crippen LogP contribution in [0.4, 0.5) is 4.79 Å². The number of alkyl carbamates (subject to hydrolysis) is 1. The topological polar surface area (TPSA) is 76.4 Å². The number of carbonyl (C=O) groups excluding carboxylic acids is 1. The van der Waals surface area contributed by atoms with E-state index in [4.69, 9.17) is 10.5 Å². The van der Waals surface area contributed by atoms with Gasteiger partial charge in [0, 0.05) is 13.1 Å². The summed E-state index contributed by atoms with van der Waals surface area (Å²) >= 11 is 0. The highest BCUT2D eigenvalue weighted by atomic mass is 16.5. The van der Waals surface area contributed by atoms with Crippen LogP contribution in [0.25, 0.3) is 0 Å². The van der Waals surface area contributed by atoms with Crippen LogP contribution in [0.15, 0.2) is 0 Å². The van der Waals surface area contributed by atoms with Crippen LogP contribution in [-0.2, 0) is 4.74 Å². The Bertz CT molecular complexity index is 155. The molecule has 0 aromatic rings. The second-order valence-electron chi connectivity index (χ2n) is 3.37. The second-order valence-corrected chi connectivity index (χ2v) is 3.37. The maximum atomic E-state index is 11.0. The number of carbonyl (C=O) groups is 1. The third-order valence-electron chi connectivity index (χ3n) is 1.99. The quantitative estimate of drug-likeness (QED) is 0.539. The van der Waals surface area contributed by atoms with Crippen LogP contribution in [0.2, 0.25) is 0 Å². The molecule has 0 fully saturated rings. The van der Waals surface area contributed by atoms with Crippen LogP contribution in [0.1, 0.15) is 39.5 Å². The highest BCUT2D eigenvalue weighted by Gasteiger charge is 1.99. The average molecular weight is 247 g/mol. The van der Waals surface area contributed by atoms with Crippen LogP contribution in [-0.4, -0.2) is 39.4 Å². The lowest BCUT2D eigenvalue weighted by molar-refractivity contribution is 0.147. The Morgan fingerprint density at radius 1 is 1.12 bits per heavy atom. The third-order valence-corrected chi connectivity index (χ3v) is 1.99. The summed E-state index contributed by atoms with van der Waals surface area (Å²) in [6.07, 6.45) is 3.96. The van der Waals surface area contributed by atoms with Gasteiger partial charge in [0.25, 0.3) is 0 Å². The summed E-state index contributed by atoms with van der Waals surface area (Å²) in [6, 6.07) is 0. The van der Waals surface area contributed by atoms with E-state index < -0.39 is 0 Å². The summed E-state index contributed by atoms with van der Waals surface area (Å²) in [5.74, 6) is 0. The fraction of sp³-hybridized carbons (Fsp3) is 0.917. The molecule has 0 spiro atoms. The molecule has 0 saturated heterocycles. The first-order valence-electron chi connectivity index (χ1n) is 6.56. The van der Waals surface area contributed by atoms with Crippen LogP contribution in [0.3, 0.4) is 0 Å². The first kappa shape index (κ1) is 18.6. The van der Waals surface area contributed by atoms with Gasteiger partial charge in [-0.05, 0) is 26.4 Å². The first-order valence-corrected chi connectivity index (χ1v) is 6.56. The molecule has 17 heavy (non-hydrogen) atoms. The van der Waals surface area contributed by atoms with Gasteiger partial charge in [0.05, 0.1) is 0 Å². The molecule has 1 amide bonds. The van der Waals surface area contributed by atoms with Gasteiger partial charge < -0.3 is 21.1 Å². The molecule has 0 radical (unpaired) electrons. The molecule has 0 aliphatic heterocycles. The Morgan fingerprint density at radius 3 is 2.35 bits per heavy atom. The monoisotopic (exact) mass is 247 g/mol. The lowest BCUT2D eigenvalue weighted by Gasteiger charge is -2.06. The molecular weight excluding hydrogens is 218 g/mol. The van der Waals surface area contributed by atoms with Gasteiger partial charge in [-0.2, -0.15) is 0 Å². The molecule has 0 bridgehead atoms. The Balaban J connectivity index is 0. The SMILES string of the molecule is CC.CNCCOC(=O)NCCCCCCN. The van der Waals surface area contributed by atoms with Crippen molar-refractivity contribution in [3.8, 4) is 0 Å². The number of amides is 1. The smallest absolute Gasteiger partial charge is 0.407 e. The minimum absolute atomic E-state index is 0.330. The molecule has 0 unspecified atom stereocenters. The maximum Gasteiger partial charge on any atom is 0.407 e. The Hall–Kier alpha value is -0.810. The fourth-order valence-corrected chi connectivity index (χ4v) is 1.11. The number of unbranched alkanes of at least 4 members (excludes halogenated alkanes) is 3. The Kier molecular flexibility index (Phi) is 19.2. The maximum absolute atomic E-state index is 11.0. The predicted molar refractivity (Wildman–Crippen MR) is 72.1 cm³/mol. The van der Waals surface area contributed by atoms with Crippen molar-refractivity contribution in [2.45, 2.75) is 39.5 Å². The lowest BCUT2D eigenvalue weighted by Crippen LogP contribution is -2.27. The highest BCUT2D eigenvalue weighted by molar-refractivity contribution is 5.66. The van der Waals surface area contributed by atoms with Gasteiger partial charge >= 0.3 is 6.09 Å². The molecule has 104 valence electrons. The van der Waals surface area contributed by atoms with Crippen molar-refractivity contribution in [1.82, 2.24) is 10.6 Å². The van der Waals surface area contributed by atoms with Gasteiger partial charge in [0.15, 0.2) is 0 Å². The minimum Gasteiger partial charge on any atom is -0.448 e. The summed E-state index contributed by atoms with van der Waals surface area (Å²) in [5, 5.41) is 5.59. The molecule has 0 aliphatic carbocycles. The van der Waals surface area contributed by atoms with Gasteiger partial charge in [0.2, 0.25) is 0 Å². The fourth-order valence-electron chi connectivity index (χ4n) is 1.11. The average Bonchev–Trinajstić information content (AvgIpc) is 2.36. The summed E-state index contributed by atoms with van der Waals surface area (Å²) in [7, 11) is 1.82. The van der Waals surface area contributed by atoms with Crippen molar-refractivity contribution < 1.29 is 9.53 Å². The third kappa shape index (κ3) is 17.8. The Labute approximate surface area is 105 Å². The van der Waals surface area contributed by atoms with Crippen LogP contribution in [0.5, 0.6) is 0 Å². The van der Waals surface area contributed by atoms with Gasteiger partial charge in [-0.1, -0.05) is 26.7 Å². The second kappa shape index (κ2) is 17.6. The molecule has 0 atom stereocenters. The van der Waals surface area contributed by atoms with Crippen molar-refractivity contribution in [2.24, 2.45) is 5.73 Å². The largest absolute Gasteiger partial charge is 0.448 e. The van der Waals surface area contributed by atoms with Crippen molar-refractivity contribution in [3.63, 3.8) is 0 Å². The zero-order valence-electron chi connectivity index (χ0n) is 11.6. The zero-order chi connectivity index (χ0) is 13.4. The predicted octanol–water partition coefficient (Wildman–Crippen LogP) is 1.48. The minimum atomic E-state index is -0.330. The van der Waals surface area contributed by atoms with E-state index in [-0.39, 0.29) is 6.09 Å². The van der Waals surface area contributed by atoms with E-state index in [1.807, 2.05) is 20.9 Å². The molecule has 0 heterocycles. The van der Waals surface area contributed by atoms with Gasteiger partial charge in [-0.25, -0.2) is 4.79 Å². The summed E-state index contributed by atoms with van der Waals surface area (Å²) in [4.78, 5) is 11.0.